The Labute approximate surface area is 117 Å². The average molecular weight is 314 g/mol. The first-order valence-corrected chi connectivity index (χ1v) is 8.33. The molecule has 1 saturated heterocycles. The van der Waals surface area contributed by atoms with Gasteiger partial charge in [0.2, 0.25) is 0 Å². The van der Waals surface area contributed by atoms with Crippen LogP contribution in [0.25, 0.3) is 0 Å². The van der Waals surface area contributed by atoms with E-state index in [0.29, 0.717) is 12.1 Å². The molecular weight excluding hydrogens is 294 g/mol. The van der Waals surface area contributed by atoms with Crippen molar-refractivity contribution in [2.45, 2.75) is 38.3 Å². The van der Waals surface area contributed by atoms with E-state index in [-0.39, 0.29) is 0 Å². The molecule has 1 heterocycles. The van der Waals surface area contributed by atoms with E-state index in [0.717, 1.165) is 6.42 Å². The molecule has 94 valence electrons. The van der Waals surface area contributed by atoms with Crippen molar-refractivity contribution in [2.75, 3.05) is 11.5 Å². The molecule has 0 spiro atoms. The fourth-order valence-corrected chi connectivity index (χ4v) is 3.85. The molecule has 17 heavy (non-hydrogen) atoms. The predicted octanol–water partition coefficient (Wildman–Crippen LogP) is 4.39. The molecule has 1 aromatic rings. The van der Waals surface area contributed by atoms with Crippen molar-refractivity contribution >= 4 is 27.7 Å². The number of hydrogen-bond acceptors (Lipinski definition) is 2. The second kappa shape index (κ2) is 6.81. The summed E-state index contributed by atoms with van der Waals surface area (Å²) in [5, 5.41) is 3.81. The van der Waals surface area contributed by atoms with Gasteiger partial charge in [-0.2, -0.15) is 11.8 Å². The smallest absolute Gasteiger partial charge is 0.0320 e. The second-order valence-corrected chi connectivity index (χ2v) is 6.71. The first-order valence-electron chi connectivity index (χ1n) is 6.39. The molecule has 0 saturated carbocycles. The standard InChI is InChI=1S/C14H20BrNS/c1-2-14(11-4-3-5-12(15)10-11)16-13-6-8-17-9-7-13/h3-5,10,13-14,16H,2,6-9H2,1H3. The predicted molar refractivity (Wildman–Crippen MR) is 80.7 cm³/mol. The van der Waals surface area contributed by atoms with Gasteiger partial charge in [0.1, 0.15) is 0 Å². The van der Waals surface area contributed by atoms with Crippen LogP contribution in [-0.4, -0.2) is 17.5 Å². The van der Waals surface area contributed by atoms with Gasteiger partial charge in [-0.05, 0) is 48.5 Å². The van der Waals surface area contributed by atoms with Crippen LogP contribution >= 0.6 is 27.7 Å². The largest absolute Gasteiger partial charge is 0.307 e. The Morgan fingerprint density at radius 2 is 2.18 bits per heavy atom. The Hall–Kier alpha value is 0.01000. The van der Waals surface area contributed by atoms with Crippen molar-refractivity contribution in [2.24, 2.45) is 0 Å². The maximum Gasteiger partial charge on any atom is 0.0320 e. The van der Waals surface area contributed by atoms with Gasteiger partial charge in [0.05, 0.1) is 0 Å². The summed E-state index contributed by atoms with van der Waals surface area (Å²) in [5.74, 6) is 2.62. The number of hydrogen-bond donors (Lipinski definition) is 1. The lowest BCUT2D eigenvalue weighted by molar-refractivity contribution is 0.406. The van der Waals surface area contributed by atoms with Crippen LogP contribution in [0.2, 0.25) is 0 Å². The zero-order valence-corrected chi connectivity index (χ0v) is 12.7. The third-order valence-corrected chi connectivity index (χ3v) is 4.86. The van der Waals surface area contributed by atoms with Crippen LogP contribution in [0, 0.1) is 0 Å². The summed E-state index contributed by atoms with van der Waals surface area (Å²) in [6, 6.07) is 9.89. The van der Waals surface area contributed by atoms with Crippen LogP contribution in [0.5, 0.6) is 0 Å². The number of benzene rings is 1. The molecule has 1 N–H and O–H groups in total. The molecule has 0 aromatic heterocycles. The van der Waals surface area contributed by atoms with Crippen molar-refractivity contribution in [3.63, 3.8) is 0 Å². The molecular formula is C14H20BrNS. The van der Waals surface area contributed by atoms with Crippen LogP contribution in [0.3, 0.4) is 0 Å². The van der Waals surface area contributed by atoms with Gasteiger partial charge in [0.15, 0.2) is 0 Å². The molecule has 1 fully saturated rings. The summed E-state index contributed by atoms with van der Waals surface area (Å²) >= 11 is 5.64. The van der Waals surface area contributed by atoms with Crippen molar-refractivity contribution in [3.05, 3.63) is 34.3 Å². The van der Waals surface area contributed by atoms with Crippen LogP contribution in [0.4, 0.5) is 0 Å². The molecule has 2 rings (SSSR count). The van der Waals surface area contributed by atoms with Crippen molar-refractivity contribution in [3.8, 4) is 0 Å². The van der Waals surface area contributed by atoms with E-state index in [1.807, 2.05) is 0 Å². The Bertz CT molecular complexity index is 350. The Morgan fingerprint density at radius 1 is 1.41 bits per heavy atom. The molecule has 1 nitrogen and oxygen atoms in total. The monoisotopic (exact) mass is 313 g/mol. The maximum absolute atomic E-state index is 3.81. The highest BCUT2D eigenvalue weighted by Gasteiger charge is 2.18. The minimum absolute atomic E-state index is 0.501. The molecule has 1 aliphatic rings. The van der Waals surface area contributed by atoms with Gasteiger partial charge in [0.25, 0.3) is 0 Å². The Balaban J connectivity index is 2.00. The Morgan fingerprint density at radius 3 is 2.82 bits per heavy atom. The highest BCUT2D eigenvalue weighted by molar-refractivity contribution is 9.10. The highest BCUT2D eigenvalue weighted by Crippen LogP contribution is 2.24. The third-order valence-electron chi connectivity index (χ3n) is 3.32. The van der Waals surface area contributed by atoms with Crippen molar-refractivity contribution in [1.82, 2.24) is 5.32 Å². The van der Waals surface area contributed by atoms with E-state index >= 15 is 0 Å². The average Bonchev–Trinajstić information content (AvgIpc) is 2.37. The van der Waals surface area contributed by atoms with Gasteiger partial charge >= 0.3 is 0 Å². The molecule has 3 heteroatoms. The normalized spacial score (nSPS) is 19.2. The lowest BCUT2D eigenvalue weighted by atomic mass is 10.0. The zero-order chi connectivity index (χ0) is 12.1. The van der Waals surface area contributed by atoms with E-state index in [2.05, 4.69) is 64.2 Å². The molecule has 1 aliphatic heterocycles. The number of halogens is 1. The summed E-state index contributed by atoms with van der Waals surface area (Å²) in [6.07, 6.45) is 3.78. The van der Waals surface area contributed by atoms with Gasteiger partial charge in [-0.25, -0.2) is 0 Å². The fraction of sp³-hybridized carbons (Fsp3) is 0.571. The van der Waals surface area contributed by atoms with Gasteiger partial charge in [-0.1, -0.05) is 35.0 Å². The zero-order valence-electron chi connectivity index (χ0n) is 10.3. The molecule has 1 unspecified atom stereocenters. The summed E-state index contributed by atoms with van der Waals surface area (Å²) in [5.41, 5.74) is 1.40. The lowest BCUT2D eigenvalue weighted by Gasteiger charge is -2.28. The summed E-state index contributed by atoms with van der Waals surface area (Å²) in [6.45, 7) is 2.26. The second-order valence-electron chi connectivity index (χ2n) is 4.57. The SMILES string of the molecule is CCC(NC1CCSCC1)c1cccc(Br)c1. The van der Waals surface area contributed by atoms with Crippen LogP contribution in [0.1, 0.15) is 37.8 Å². The van der Waals surface area contributed by atoms with E-state index in [1.54, 1.807) is 0 Å². The number of thioether (sulfide) groups is 1. The molecule has 1 atom stereocenters. The first kappa shape index (κ1) is 13.4. The van der Waals surface area contributed by atoms with E-state index in [9.17, 15) is 0 Å². The maximum atomic E-state index is 3.81. The molecule has 1 aromatic carbocycles. The number of rotatable bonds is 4. The van der Waals surface area contributed by atoms with Gasteiger partial charge in [-0.3, -0.25) is 0 Å². The van der Waals surface area contributed by atoms with Crippen LogP contribution < -0.4 is 5.32 Å². The first-order chi connectivity index (χ1) is 8.29. The van der Waals surface area contributed by atoms with Gasteiger partial charge < -0.3 is 5.32 Å². The summed E-state index contributed by atoms with van der Waals surface area (Å²) < 4.78 is 1.18. The third kappa shape index (κ3) is 4.01. The fourth-order valence-electron chi connectivity index (χ4n) is 2.32. The lowest BCUT2D eigenvalue weighted by Crippen LogP contribution is -2.35. The summed E-state index contributed by atoms with van der Waals surface area (Å²) in [7, 11) is 0. The minimum Gasteiger partial charge on any atom is -0.307 e. The Kier molecular flexibility index (Phi) is 5.39. The molecule has 0 amide bonds. The quantitative estimate of drug-likeness (QED) is 0.885. The molecule has 0 aliphatic carbocycles. The number of nitrogens with one attached hydrogen (secondary N) is 1. The van der Waals surface area contributed by atoms with Gasteiger partial charge in [0, 0.05) is 16.6 Å². The van der Waals surface area contributed by atoms with E-state index < -0.39 is 0 Å². The topological polar surface area (TPSA) is 12.0 Å². The summed E-state index contributed by atoms with van der Waals surface area (Å²) in [4.78, 5) is 0. The highest BCUT2D eigenvalue weighted by atomic mass is 79.9. The van der Waals surface area contributed by atoms with Crippen molar-refractivity contribution < 1.29 is 0 Å². The molecule has 0 bridgehead atoms. The van der Waals surface area contributed by atoms with E-state index in [4.69, 9.17) is 0 Å². The molecule has 0 radical (unpaired) electrons. The van der Waals surface area contributed by atoms with Crippen molar-refractivity contribution in [1.29, 1.82) is 0 Å². The van der Waals surface area contributed by atoms with Crippen LogP contribution in [-0.2, 0) is 0 Å². The van der Waals surface area contributed by atoms with Crippen LogP contribution in [0.15, 0.2) is 28.7 Å². The minimum atomic E-state index is 0.501. The van der Waals surface area contributed by atoms with Gasteiger partial charge in [-0.15, -0.1) is 0 Å². The van der Waals surface area contributed by atoms with E-state index in [1.165, 1.54) is 34.4 Å².